The zero-order valence-corrected chi connectivity index (χ0v) is 11.8. The molecule has 1 aromatic carbocycles. The van der Waals surface area contributed by atoms with Gasteiger partial charge in [-0.3, -0.25) is 5.41 Å². The second kappa shape index (κ2) is 6.37. The van der Waals surface area contributed by atoms with Crippen LogP contribution in [0.2, 0.25) is 0 Å². The molecule has 3 nitrogen and oxygen atoms in total. The van der Waals surface area contributed by atoms with Crippen LogP contribution in [0.25, 0.3) is 0 Å². The Hall–Kier alpha value is -1.72. The van der Waals surface area contributed by atoms with Gasteiger partial charge in [0.1, 0.15) is 5.84 Å². The molecule has 1 aliphatic rings. The SMILES string of the molecule is N=C(N)c1ccc(N2CCCCCCC2)cc1C(F)(F)F. The van der Waals surface area contributed by atoms with Crippen molar-refractivity contribution in [1.82, 2.24) is 0 Å². The lowest BCUT2D eigenvalue weighted by Crippen LogP contribution is -2.28. The largest absolute Gasteiger partial charge is 0.417 e. The lowest BCUT2D eigenvalue weighted by molar-refractivity contribution is -0.137. The number of rotatable bonds is 2. The number of hydrogen-bond acceptors (Lipinski definition) is 2. The van der Waals surface area contributed by atoms with Gasteiger partial charge >= 0.3 is 6.18 Å². The predicted molar refractivity (Wildman–Crippen MR) is 77.8 cm³/mol. The topological polar surface area (TPSA) is 53.1 Å². The molecular weight excluding hydrogens is 279 g/mol. The minimum Gasteiger partial charge on any atom is -0.384 e. The van der Waals surface area contributed by atoms with Crippen LogP contribution in [0, 0.1) is 5.41 Å². The van der Waals surface area contributed by atoms with Crippen molar-refractivity contribution in [2.24, 2.45) is 5.73 Å². The quantitative estimate of drug-likeness (QED) is 0.645. The highest BCUT2D eigenvalue weighted by molar-refractivity contribution is 5.97. The number of anilines is 1. The Kier molecular flexibility index (Phi) is 4.75. The number of nitrogens with zero attached hydrogens (tertiary/aromatic N) is 1. The summed E-state index contributed by atoms with van der Waals surface area (Å²) in [4.78, 5) is 2.00. The second-order valence-electron chi connectivity index (χ2n) is 5.40. The van der Waals surface area contributed by atoms with Crippen LogP contribution in [-0.2, 0) is 6.18 Å². The molecule has 1 aromatic rings. The summed E-state index contributed by atoms with van der Waals surface area (Å²) in [5.41, 5.74) is 4.74. The highest BCUT2D eigenvalue weighted by Gasteiger charge is 2.34. The number of benzene rings is 1. The number of nitrogens with one attached hydrogen (secondary N) is 1. The predicted octanol–water partition coefficient (Wildman–Crippen LogP) is 3.76. The van der Waals surface area contributed by atoms with Gasteiger partial charge in [0.25, 0.3) is 0 Å². The highest BCUT2D eigenvalue weighted by atomic mass is 19.4. The Morgan fingerprint density at radius 3 is 2.14 bits per heavy atom. The fourth-order valence-electron chi connectivity index (χ4n) is 2.70. The second-order valence-corrected chi connectivity index (χ2v) is 5.40. The third-order valence-corrected chi connectivity index (χ3v) is 3.82. The fraction of sp³-hybridized carbons (Fsp3) is 0.533. The summed E-state index contributed by atoms with van der Waals surface area (Å²) in [7, 11) is 0. The van der Waals surface area contributed by atoms with Crippen molar-refractivity contribution >= 4 is 11.5 Å². The molecule has 0 saturated carbocycles. The molecule has 0 aromatic heterocycles. The molecule has 3 N–H and O–H groups in total. The molecule has 1 heterocycles. The first-order chi connectivity index (χ1) is 9.89. The van der Waals surface area contributed by atoms with E-state index in [9.17, 15) is 13.2 Å². The van der Waals surface area contributed by atoms with Gasteiger partial charge in [-0.15, -0.1) is 0 Å². The van der Waals surface area contributed by atoms with Crippen molar-refractivity contribution in [1.29, 1.82) is 5.41 Å². The molecule has 0 spiro atoms. The Labute approximate surface area is 122 Å². The standard InChI is InChI=1S/C15H20F3N3/c16-15(17,18)13-10-11(6-7-12(13)14(19)20)21-8-4-2-1-3-5-9-21/h6-7,10H,1-5,8-9H2,(H3,19,20). The molecule has 116 valence electrons. The smallest absolute Gasteiger partial charge is 0.384 e. The van der Waals surface area contributed by atoms with Crippen molar-refractivity contribution < 1.29 is 13.2 Å². The van der Waals surface area contributed by atoms with Crippen LogP contribution >= 0.6 is 0 Å². The molecule has 0 unspecified atom stereocenters. The van der Waals surface area contributed by atoms with Crippen LogP contribution in [0.4, 0.5) is 18.9 Å². The third-order valence-electron chi connectivity index (χ3n) is 3.82. The van der Waals surface area contributed by atoms with Crippen LogP contribution in [-0.4, -0.2) is 18.9 Å². The van der Waals surface area contributed by atoms with Gasteiger partial charge in [0.2, 0.25) is 0 Å². The monoisotopic (exact) mass is 299 g/mol. The summed E-state index contributed by atoms with van der Waals surface area (Å²) < 4.78 is 39.4. The van der Waals surface area contributed by atoms with Crippen LogP contribution in [0.5, 0.6) is 0 Å². The fourth-order valence-corrected chi connectivity index (χ4v) is 2.70. The Balaban J connectivity index is 2.34. The minimum atomic E-state index is -4.50. The summed E-state index contributed by atoms with van der Waals surface area (Å²) in [6.07, 6.45) is 0.929. The van der Waals surface area contributed by atoms with Crippen LogP contribution in [0.15, 0.2) is 18.2 Å². The molecule has 1 fully saturated rings. The van der Waals surface area contributed by atoms with E-state index in [4.69, 9.17) is 11.1 Å². The normalized spacial score (nSPS) is 17.2. The molecule has 1 saturated heterocycles. The average molecular weight is 299 g/mol. The summed E-state index contributed by atoms with van der Waals surface area (Å²) >= 11 is 0. The highest BCUT2D eigenvalue weighted by Crippen LogP contribution is 2.35. The lowest BCUT2D eigenvalue weighted by atomic mass is 10.0. The lowest BCUT2D eigenvalue weighted by Gasteiger charge is -2.28. The first kappa shape index (κ1) is 15.7. The van der Waals surface area contributed by atoms with E-state index in [1.165, 1.54) is 12.5 Å². The van der Waals surface area contributed by atoms with Crippen LogP contribution in [0.1, 0.15) is 43.2 Å². The van der Waals surface area contributed by atoms with Gasteiger partial charge in [0, 0.05) is 24.3 Å². The average Bonchev–Trinajstić information content (AvgIpc) is 2.36. The van der Waals surface area contributed by atoms with E-state index in [2.05, 4.69) is 0 Å². The Bertz CT molecular complexity index is 503. The van der Waals surface area contributed by atoms with Crippen molar-refractivity contribution in [2.45, 2.75) is 38.3 Å². The number of alkyl halides is 3. The van der Waals surface area contributed by atoms with Gasteiger partial charge in [0.15, 0.2) is 0 Å². The third kappa shape index (κ3) is 3.89. The van der Waals surface area contributed by atoms with Gasteiger partial charge in [-0.1, -0.05) is 19.3 Å². The van der Waals surface area contributed by atoms with Gasteiger partial charge in [-0.05, 0) is 31.0 Å². The Morgan fingerprint density at radius 1 is 1.05 bits per heavy atom. The van der Waals surface area contributed by atoms with Crippen LogP contribution < -0.4 is 10.6 Å². The summed E-state index contributed by atoms with van der Waals surface area (Å²) in [5, 5.41) is 7.30. The number of nitrogen functional groups attached to an aromatic ring is 1. The molecule has 0 aliphatic carbocycles. The van der Waals surface area contributed by atoms with E-state index >= 15 is 0 Å². The van der Waals surface area contributed by atoms with E-state index in [1.54, 1.807) is 6.07 Å². The number of halogens is 3. The molecule has 0 radical (unpaired) electrons. The molecule has 1 aliphatic heterocycles. The van der Waals surface area contributed by atoms with Gasteiger partial charge < -0.3 is 10.6 Å². The molecule has 0 atom stereocenters. The maximum absolute atomic E-state index is 13.1. The zero-order valence-electron chi connectivity index (χ0n) is 11.8. The van der Waals surface area contributed by atoms with E-state index in [-0.39, 0.29) is 5.56 Å². The zero-order chi connectivity index (χ0) is 15.5. The van der Waals surface area contributed by atoms with Crippen molar-refractivity contribution in [3.05, 3.63) is 29.3 Å². The molecule has 0 bridgehead atoms. The summed E-state index contributed by atoms with van der Waals surface area (Å²) in [6.45, 7) is 1.55. The van der Waals surface area contributed by atoms with Crippen LogP contribution in [0.3, 0.4) is 0 Å². The summed E-state index contributed by atoms with van der Waals surface area (Å²) in [5.74, 6) is -0.554. The van der Waals surface area contributed by atoms with Gasteiger partial charge in [-0.2, -0.15) is 13.2 Å². The molecular formula is C15H20F3N3. The number of amidine groups is 1. The molecule has 0 amide bonds. The van der Waals surface area contributed by atoms with Crippen molar-refractivity contribution in [2.75, 3.05) is 18.0 Å². The van der Waals surface area contributed by atoms with E-state index in [0.29, 0.717) is 5.69 Å². The Morgan fingerprint density at radius 2 is 1.62 bits per heavy atom. The number of nitrogens with two attached hydrogens (primary N) is 1. The maximum Gasteiger partial charge on any atom is 0.417 e. The van der Waals surface area contributed by atoms with Gasteiger partial charge in [0.05, 0.1) is 5.56 Å². The van der Waals surface area contributed by atoms with Gasteiger partial charge in [-0.25, -0.2) is 0 Å². The maximum atomic E-state index is 13.1. The summed E-state index contributed by atoms with van der Waals surface area (Å²) in [6, 6.07) is 4.06. The van der Waals surface area contributed by atoms with Crippen molar-refractivity contribution in [3.8, 4) is 0 Å². The molecule has 2 rings (SSSR count). The van der Waals surface area contributed by atoms with E-state index in [0.717, 1.165) is 44.8 Å². The molecule has 6 heteroatoms. The first-order valence-corrected chi connectivity index (χ1v) is 7.20. The van der Waals surface area contributed by atoms with E-state index < -0.39 is 17.6 Å². The molecule has 21 heavy (non-hydrogen) atoms. The first-order valence-electron chi connectivity index (χ1n) is 7.20. The van der Waals surface area contributed by atoms with Crippen molar-refractivity contribution in [3.63, 3.8) is 0 Å². The van der Waals surface area contributed by atoms with E-state index in [1.807, 2.05) is 4.90 Å². The minimum absolute atomic E-state index is 0.252. The number of hydrogen-bond donors (Lipinski definition) is 2.